The summed E-state index contributed by atoms with van der Waals surface area (Å²) in [7, 11) is 3.00. The number of ether oxygens (including phenoxy) is 2. The first kappa shape index (κ1) is 23.0. The minimum absolute atomic E-state index is 0.163. The fraction of sp³-hybridized carbons (Fsp3) is 0.348. The lowest BCUT2D eigenvalue weighted by atomic mass is 9.92. The van der Waals surface area contributed by atoms with E-state index in [1.807, 2.05) is 12.1 Å². The first-order chi connectivity index (χ1) is 16.4. The van der Waals surface area contributed by atoms with E-state index < -0.39 is 6.09 Å². The molecule has 3 aromatic rings. The van der Waals surface area contributed by atoms with Gasteiger partial charge in [-0.3, -0.25) is 14.7 Å². The van der Waals surface area contributed by atoms with E-state index in [1.165, 1.54) is 7.11 Å². The smallest absolute Gasteiger partial charge is 0.404 e. The number of methoxy groups -OCH3 is 1. The Labute approximate surface area is 195 Å². The van der Waals surface area contributed by atoms with Gasteiger partial charge in [0, 0.05) is 36.7 Å². The van der Waals surface area contributed by atoms with Gasteiger partial charge in [-0.2, -0.15) is 5.10 Å². The van der Waals surface area contributed by atoms with Gasteiger partial charge in [-0.1, -0.05) is 6.07 Å². The lowest BCUT2D eigenvalue weighted by molar-refractivity contribution is 0.0687. The summed E-state index contributed by atoms with van der Waals surface area (Å²) in [6.45, 7) is 0. The number of nitrogens with one attached hydrogen (secondary N) is 3. The van der Waals surface area contributed by atoms with Crippen molar-refractivity contribution in [2.45, 2.75) is 37.8 Å². The third-order valence-electron chi connectivity index (χ3n) is 5.87. The molecule has 34 heavy (non-hydrogen) atoms. The zero-order valence-electron chi connectivity index (χ0n) is 18.9. The molecule has 3 amide bonds. The summed E-state index contributed by atoms with van der Waals surface area (Å²) in [4.78, 5) is 40.5. The molecule has 1 fully saturated rings. The normalized spacial score (nSPS) is 17.7. The summed E-state index contributed by atoms with van der Waals surface area (Å²) >= 11 is 0. The van der Waals surface area contributed by atoms with Crippen molar-refractivity contribution in [3.05, 3.63) is 41.7 Å². The molecule has 0 aliphatic heterocycles. The quantitative estimate of drug-likeness (QED) is 0.432. The van der Waals surface area contributed by atoms with Crippen LogP contribution in [0.25, 0.3) is 22.0 Å². The first-order valence-corrected chi connectivity index (χ1v) is 10.9. The minimum Gasteiger partial charge on any atom is -0.480 e. The van der Waals surface area contributed by atoms with Crippen LogP contribution in [0.1, 0.15) is 46.5 Å². The van der Waals surface area contributed by atoms with E-state index in [4.69, 9.17) is 15.2 Å². The number of pyridine rings is 1. The van der Waals surface area contributed by atoms with E-state index >= 15 is 0 Å². The van der Waals surface area contributed by atoms with Crippen LogP contribution >= 0.6 is 0 Å². The van der Waals surface area contributed by atoms with Gasteiger partial charge >= 0.3 is 6.09 Å². The molecule has 1 aliphatic carbocycles. The van der Waals surface area contributed by atoms with Gasteiger partial charge in [0.1, 0.15) is 11.7 Å². The number of aromatic nitrogens is 3. The molecule has 2 heterocycles. The van der Waals surface area contributed by atoms with Crippen molar-refractivity contribution < 1.29 is 23.9 Å². The Bertz CT molecular complexity index is 1240. The topological polar surface area (TPSA) is 161 Å². The molecule has 1 saturated carbocycles. The Morgan fingerprint density at radius 3 is 2.71 bits per heavy atom. The number of carbonyl (C=O) groups excluding carboxylic acids is 3. The average Bonchev–Trinajstić information content (AvgIpc) is 3.26. The number of carbonyl (C=O) groups is 3. The summed E-state index contributed by atoms with van der Waals surface area (Å²) in [5, 5.41) is 13.2. The molecule has 5 N–H and O–H groups in total. The molecule has 2 atom stereocenters. The number of fused-ring (bicyclic) bond motifs is 1. The number of hydrogen-bond donors (Lipinski definition) is 4. The zero-order chi connectivity index (χ0) is 24.2. The van der Waals surface area contributed by atoms with Gasteiger partial charge in [-0.15, -0.1) is 0 Å². The highest BCUT2D eigenvalue weighted by Gasteiger charge is 2.27. The number of aromatic amines is 1. The lowest BCUT2D eigenvalue weighted by Gasteiger charge is -2.29. The van der Waals surface area contributed by atoms with E-state index in [0.29, 0.717) is 35.0 Å². The van der Waals surface area contributed by atoms with E-state index in [2.05, 4.69) is 25.8 Å². The van der Waals surface area contributed by atoms with Crippen LogP contribution in [0.4, 0.5) is 4.79 Å². The summed E-state index contributed by atoms with van der Waals surface area (Å²) in [6, 6.07) is 7.01. The third-order valence-corrected chi connectivity index (χ3v) is 5.87. The third kappa shape index (κ3) is 4.77. The molecule has 11 nitrogen and oxygen atoms in total. The Hall–Kier alpha value is -4.15. The number of H-pyrrole nitrogens is 1. The van der Waals surface area contributed by atoms with Crippen molar-refractivity contribution in [2.75, 3.05) is 14.2 Å². The molecule has 1 aliphatic rings. The second kappa shape index (κ2) is 9.77. The largest absolute Gasteiger partial charge is 0.480 e. The van der Waals surface area contributed by atoms with Crippen LogP contribution < -0.4 is 21.1 Å². The average molecular weight is 466 g/mol. The van der Waals surface area contributed by atoms with Crippen LogP contribution in [0.3, 0.4) is 0 Å². The fourth-order valence-corrected chi connectivity index (χ4v) is 4.24. The number of amides is 3. The monoisotopic (exact) mass is 466 g/mol. The summed E-state index contributed by atoms with van der Waals surface area (Å²) < 4.78 is 10.4. The second-order valence-electron chi connectivity index (χ2n) is 8.09. The summed E-state index contributed by atoms with van der Waals surface area (Å²) in [5.41, 5.74) is 7.89. The molecule has 0 saturated heterocycles. The van der Waals surface area contributed by atoms with Gasteiger partial charge in [0.15, 0.2) is 5.69 Å². The van der Waals surface area contributed by atoms with Crippen LogP contribution in [-0.4, -0.2) is 59.4 Å². The maximum absolute atomic E-state index is 13.1. The van der Waals surface area contributed by atoms with Crippen molar-refractivity contribution in [1.82, 2.24) is 25.8 Å². The summed E-state index contributed by atoms with van der Waals surface area (Å²) in [6.07, 6.45) is 3.27. The fourth-order valence-electron chi connectivity index (χ4n) is 4.24. The van der Waals surface area contributed by atoms with Gasteiger partial charge in [0.25, 0.3) is 11.8 Å². The number of benzene rings is 1. The highest BCUT2D eigenvalue weighted by Crippen LogP contribution is 2.28. The maximum atomic E-state index is 13.1. The van der Waals surface area contributed by atoms with Crippen molar-refractivity contribution in [3.63, 3.8) is 0 Å². The van der Waals surface area contributed by atoms with E-state index in [1.54, 1.807) is 25.4 Å². The number of rotatable bonds is 6. The van der Waals surface area contributed by atoms with Crippen molar-refractivity contribution in [2.24, 2.45) is 5.73 Å². The number of primary amides is 1. The van der Waals surface area contributed by atoms with Gasteiger partial charge < -0.3 is 25.8 Å². The molecule has 1 aromatic carbocycles. The molecule has 178 valence electrons. The summed E-state index contributed by atoms with van der Waals surface area (Å²) in [5.74, 6) is -0.415. The Morgan fingerprint density at radius 1 is 1.15 bits per heavy atom. The predicted molar refractivity (Wildman–Crippen MR) is 123 cm³/mol. The minimum atomic E-state index is -0.813. The maximum Gasteiger partial charge on any atom is 0.404 e. The number of nitrogens with zero attached hydrogens (tertiary/aromatic N) is 2. The van der Waals surface area contributed by atoms with Crippen molar-refractivity contribution in [3.8, 4) is 17.0 Å². The standard InChI is InChI=1S/C23H26N6O5/c1-25-21(31)19-16-7-6-12(9-18(16)28-29-19)13-8-17(22(33-2)26-11-13)20(30)27-14-4-3-5-15(10-14)34-23(24)32/h6-9,11,14-15H,3-5,10H2,1-2H3,(H2,24,32)(H,25,31)(H,27,30)(H,28,29). The number of hydrogen-bond acceptors (Lipinski definition) is 7. The van der Waals surface area contributed by atoms with Crippen LogP contribution in [0.5, 0.6) is 5.88 Å². The Morgan fingerprint density at radius 2 is 1.97 bits per heavy atom. The molecule has 4 rings (SSSR count). The zero-order valence-corrected chi connectivity index (χ0v) is 18.9. The SMILES string of the molecule is CNC(=O)c1n[nH]c2cc(-c3cnc(OC)c(C(=O)NC4CCCC(OC(N)=O)C4)c3)ccc12. The van der Waals surface area contributed by atoms with Crippen LogP contribution in [0.15, 0.2) is 30.5 Å². The molecule has 0 spiro atoms. The predicted octanol–water partition coefficient (Wildman–Crippen LogP) is 2.13. The van der Waals surface area contributed by atoms with Gasteiger partial charge in [-0.25, -0.2) is 9.78 Å². The highest BCUT2D eigenvalue weighted by atomic mass is 16.6. The molecule has 2 aromatic heterocycles. The molecule has 0 bridgehead atoms. The molecule has 0 radical (unpaired) electrons. The van der Waals surface area contributed by atoms with Crippen molar-refractivity contribution >= 4 is 28.8 Å². The molecular formula is C23H26N6O5. The van der Waals surface area contributed by atoms with E-state index in [9.17, 15) is 14.4 Å². The second-order valence-corrected chi connectivity index (χ2v) is 8.09. The highest BCUT2D eigenvalue weighted by molar-refractivity contribution is 6.05. The van der Waals surface area contributed by atoms with Gasteiger partial charge in [-0.05, 0) is 43.0 Å². The Balaban J connectivity index is 1.57. The van der Waals surface area contributed by atoms with Crippen LogP contribution in [0, 0.1) is 0 Å². The van der Waals surface area contributed by atoms with E-state index in [-0.39, 0.29) is 35.4 Å². The molecule has 2 unspecified atom stereocenters. The first-order valence-electron chi connectivity index (χ1n) is 10.9. The van der Waals surface area contributed by atoms with Crippen LogP contribution in [-0.2, 0) is 4.74 Å². The lowest BCUT2D eigenvalue weighted by Crippen LogP contribution is -2.41. The Kier molecular flexibility index (Phi) is 6.62. The number of nitrogens with two attached hydrogens (primary N) is 1. The van der Waals surface area contributed by atoms with Gasteiger partial charge in [0.05, 0.1) is 12.6 Å². The van der Waals surface area contributed by atoms with E-state index in [0.717, 1.165) is 18.4 Å². The molecular weight excluding hydrogens is 440 g/mol. The van der Waals surface area contributed by atoms with Gasteiger partial charge in [0.2, 0.25) is 5.88 Å². The van der Waals surface area contributed by atoms with Crippen LogP contribution in [0.2, 0.25) is 0 Å². The molecule has 11 heteroatoms. The van der Waals surface area contributed by atoms with Crippen molar-refractivity contribution in [1.29, 1.82) is 0 Å².